The van der Waals surface area contributed by atoms with Crippen molar-refractivity contribution in [2.45, 2.75) is 6.54 Å². The molecule has 0 aliphatic heterocycles. The van der Waals surface area contributed by atoms with E-state index in [0.717, 1.165) is 11.3 Å². The standard InChI is InChI=1S/C21H25N3O5/c1-24(2)17-9-7-15(8-10-17)12-22-19(25)14-29-20(26)13-23-21(27)16-5-4-6-18(11-16)28-3/h4-11H,12-14H2,1-3H3,(H,22,25)(H,23,27). The van der Waals surface area contributed by atoms with Crippen LogP contribution in [0.5, 0.6) is 5.75 Å². The van der Waals surface area contributed by atoms with E-state index >= 15 is 0 Å². The van der Waals surface area contributed by atoms with Crippen LogP contribution in [0.3, 0.4) is 0 Å². The van der Waals surface area contributed by atoms with Gasteiger partial charge in [-0.3, -0.25) is 14.4 Å². The molecule has 0 aliphatic carbocycles. The van der Waals surface area contributed by atoms with Gasteiger partial charge in [-0.15, -0.1) is 0 Å². The molecule has 0 unspecified atom stereocenters. The Morgan fingerprint density at radius 3 is 2.38 bits per heavy atom. The van der Waals surface area contributed by atoms with E-state index in [9.17, 15) is 14.4 Å². The summed E-state index contributed by atoms with van der Waals surface area (Å²) in [6.07, 6.45) is 0. The second kappa shape index (κ2) is 10.7. The molecule has 8 nitrogen and oxygen atoms in total. The van der Waals surface area contributed by atoms with Crippen molar-refractivity contribution in [3.8, 4) is 5.75 Å². The second-order valence-electron chi connectivity index (χ2n) is 6.41. The molecular weight excluding hydrogens is 374 g/mol. The predicted octanol–water partition coefficient (Wildman–Crippen LogP) is 1.35. The highest BCUT2D eigenvalue weighted by atomic mass is 16.5. The van der Waals surface area contributed by atoms with Crippen LogP contribution in [0.1, 0.15) is 15.9 Å². The van der Waals surface area contributed by atoms with Gasteiger partial charge in [-0.25, -0.2) is 0 Å². The Morgan fingerprint density at radius 2 is 1.72 bits per heavy atom. The van der Waals surface area contributed by atoms with Crippen molar-refractivity contribution in [3.05, 3.63) is 59.7 Å². The van der Waals surface area contributed by atoms with E-state index in [1.807, 2.05) is 43.3 Å². The first-order chi connectivity index (χ1) is 13.9. The van der Waals surface area contributed by atoms with Crippen LogP contribution < -0.4 is 20.3 Å². The van der Waals surface area contributed by atoms with Crippen molar-refractivity contribution in [3.63, 3.8) is 0 Å². The van der Waals surface area contributed by atoms with Gasteiger partial charge >= 0.3 is 5.97 Å². The lowest BCUT2D eigenvalue weighted by Gasteiger charge is -2.13. The first-order valence-corrected chi connectivity index (χ1v) is 9.00. The summed E-state index contributed by atoms with van der Waals surface area (Å²) in [5.74, 6) is -1.03. The van der Waals surface area contributed by atoms with Crippen LogP contribution in [0.15, 0.2) is 48.5 Å². The number of ether oxygens (including phenoxy) is 2. The summed E-state index contributed by atoms with van der Waals surface area (Å²) in [5.41, 5.74) is 2.35. The summed E-state index contributed by atoms with van der Waals surface area (Å²) in [6.45, 7) is -0.421. The van der Waals surface area contributed by atoms with Crippen molar-refractivity contribution >= 4 is 23.5 Å². The van der Waals surface area contributed by atoms with Gasteiger partial charge in [0.15, 0.2) is 6.61 Å². The number of hydrogen-bond acceptors (Lipinski definition) is 6. The number of nitrogens with one attached hydrogen (secondary N) is 2. The quantitative estimate of drug-likeness (QED) is 0.618. The van der Waals surface area contributed by atoms with Gasteiger partial charge in [0.25, 0.3) is 11.8 Å². The van der Waals surface area contributed by atoms with E-state index in [4.69, 9.17) is 9.47 Å². The molecule has 0 saturated carbocycles. The number of carbonyl (C=O) groups is 3. The van der Waals surface area contributed by atoms with Gasteiger partial charge in [0.2, 0.25) is 0 Å². The molecule has 2 amide bonds. The van der Waals surface area contributed by atoms with Gasteiger partial charge in [0.1, 0.15) is 12.3 Å². The predicted molar refractivity (Wildman–Crippen MR) is 109 cm³/mol. The summed E-state index contributed by atoms with van der Waals surface area (Å²) in [5, 5.41) is 5.12. The molecule has 0 saturated heterocycles. The highest BCUT2D eigenvalue weighted by Crippen LogP contribution is 2.12. The largest absolute Gasteiger partial charge is 0.497 e. The van der Waals surface area contributed by atoms with Crippen LogP contribution in [0, 0.1) is 0 Å². The zero-order chi connectivity index (χ0) is 21.2. The van der Waals surface area contributed by atoms with E-state index < -0.39 is 24.4 Å². The Hall–Kier alpha value is -3.55. The second-order valence-corrected chi connectivity index (χ2v) is 6.41. The van der Waals surface area contributed by atoms with Gasteiger partial charge in [0.05, 0.1) is 7.11 Å². The molecule has 0 atom stereocenters. The van der Waals surface area contributed by atoms with E-state index in [2.05, 4.69) is 10.6 Å². The van der Waals surface area contributed by atoms with Crippen molar-refractivity contribution in [2.75, 3.05) is 39.3 Å². The van der Waals surface area contributed by atoms with Crippen molar-refractivity contribution in [1.82, 2.24) is 10.6 Å². The Balaban J connectivity index is 1.68. The number of hydrogen-bond donors (Lipinski definition) is 2. The molecule has 2 N–H and O–H groups in total. The molecule has 2 rings (SSSR count). The topological polar surface area (TPSA) is 97.0 Å². The van der Waals surface area contributed by atoms with Crippen LogP contribution in [0.2, 0.25) is 0 Å². The lowest BCUT2D eigenvalue weighted by atomic mass is 10.2. The minimum Gasteiger partial charge on any atom is -0.497 e. The Bertz CT molecular complexity index is 850. The number of anilines is 1. The number of nitrogens with zero attached hydrogens (tertiary/aromatic N) is 1. The third kappa shape index (κ3) is 7.17. The summed E-state index contributed by atoms with van der Waals surface area (Å²) in [4.78, 5) is 37.6. The molecule has 29 heavy (non-hydrogen) atoms. The van der Waals surface area contributed by atoms with Crippen LogP contribution >= 0.6 is 0 Å². The van der Waals surface area contributed by atoms with E-state index in [0.29, 0.717) is 17.9 Å². The molecule has 2 aromatic carbocycles. The van der Waals surface area contributed by atoms with Crippen LogP contribution in [0.4, 0.5) is 5.69 Å². The molecular formula is C21H25N3O5. The molecule has 2 aromatic rings. The van der Waals surface area contributed by atoms with Gasteiger partial charge < -0.3 is 25.0 Å². The number of esters is 1. The van der Waals surface area contributed by atoms with E-state index in [1.165, 1.54) is 7.11 Å². The highest BCUT2D eigenvalue weighted by Gasteiger charge is 2.11. The molecule has 0 radical (unpaired) electrons. The maximum Gasteiger partial charge on any atom is 0.325 e. The van der Waals surface area contributed by atoms with Crippen molar-refractivity contribution in [2.24, 2.45) is 0 Å². The smallest absolute Gasteiger partial charge is 0.325 e. The maximum atomic E-state index is 12.0. The lowest BCUT2D eigenvalue weighted by Crippen LogP contribution is -2.33. The Labute approximate surface area is 169 Å². The Morgan fingerprint density at radius 1 is 1.00 bits per heavy atom. The van der Waals surface area contributed by atoms with E-state index in [-0.39, 0.29) is 6.54 Å². The number of rotatable bonds is 9. The molecule has 154 valence electrons. The fourth-order valence-corrected chi connectivity index (χ4v) is 2.38. The highest BCUT2D eigenvalue weighted by molar-refractivity contribution is 5.96. The van der Waals surface area contributed by atoms with Gasteiger partial charge in [-0.2, -0.15) is 0 Å². The molecule has 0 heterocycles. The first kappa shape index (κ1) is 21.7. The summed E-state index contributed by atoms with van der Waals surface area (Å²) in [7, 11) is 5.40. The zero-order valence-corrected chi connectivity index (χ0v) is 16.7. The number of carbonyl (C=O) groups excluding carboxylic acids is 3. The monoisotopic (exact) mass is 399 g/mol. The van der Waals surface area contributed by atoms with Gasteiger partial charge in [-0.05, 0) is 35.9 Å². The van der Waals surface area contributed by atoms with Crippen molar-refractivity contribution < 1.29 is 23.9 Å². The molecule has 0 fully saturated rings. The third-order valence-electron chi connectivity index (χ3n) is 4.03. The average molecular weight is 399 g/mol. The fraction of sp³-hybridized carbons (Fsp3) is 0.286. The number of amides is 2. The van der Waals surface area contributed by atoms with Crippen LogP contribution in [-0.4, -0.2) is 52.1 Å². The summed E-state index contributed by atoms with van der Waals surface area (Å²) < 4.78 is 9.93. The lowest BCUT2D eigenvalue weighted by molar-refractivity contribution is -0.147. The fourth-order valence-electron chi connectivity index (χ4n) is 2.38. The minimum absolute atomic E-state index is 0.330. The molecule has 0 spiro atoms. The number of benzene rings is 2. The zero-order valence-electron chi connectivity index (χ0n) is 16.7. The maximum absolute atomic E-state index is 12.0. The molecule has 0 bridgehead atoms. The SMILES string of the molecule is COc1cccc(C(=O)NCC(=O)OCC(=O)NCc2ccc(N(C)C)cc2)c1. The van der Waals surface area contributed by atoms with Crippen LogP contribution in [-0.2, 0) is 20.9 Å². The molecule has 0 aliphatic rings. The van der Waals surface area contributed by atoms with E-state index in [1.54, 1.807) is 24.3 Å². The third-order valence-corrected chi connectivity index (χ3v) is 4.03. The van der Waals surface area contributed by atoms with Crippen molar-refractivity contribution in [1.29, 1.82) is 0 Å². The average Bonchev–Trinajstić information content (AvgIpc) is 2.74. The summed E-state index contributed by atoms with van der Waals surface area (Å²) >= 11 is 0. The normalized spacial score (nSPS) is 10.0. The molecule has 0 aromatic heterocycles. The first-order valence-electron chi connectivity index (χ1n) is 9.00. The number of methoxy groups -OCH3 is 1. The summed E-state index contributed by atoms with van der Waals surface area (Å²) in [6, 6.07) is 14.3. The van der Waals surface area contributed by atoms with Crippen LogP contribution in [0.25, 0.3) is 0 Å². The molecule has 8 heteroatoms. The minimum atomic E-state index is -0.702. The van der Waals surface area contributed by atoms with Gasteiger partial charge in [-0.1, -0.05) is 18.2 Å². The van der Waals surface area contributed by atoms with Gasteiger partial charge in [0, 0.05) is 31.9 Å². The Kier molecular flexibility index (Phi) is 8.02.